The van der Waals surface area contributed by atoms with Crippen LogP contribution in [0.1, 0.15) is 27.6 Å². The van der Waals surface area contributed by atoms with E-state index in [1.54, 1.807) is 55.5 Å². The van der Waals surface area contributed by atoms with Gasteiger partial charge in [-0.3, -0.25) is 10.1 Å². The molecule has 0 atom stereocenters. The molecule has 0 unspecified atom stereocenters. The van der Waals surface area contributed by atoms with Crippen molar-refractivity contribution < 1.29 is 14.3 Å². The number of rotatable bonds is 4. The highest BCUT2D eigenvalue weighted by atomic mass is 35.5. The predicted octanol–water partition coefficient (Wildman–Crippen LogP) is 3.64. The molecule has 0 heterocycles. The van der Waals surface area contributed by atoms with Crippen molar-refractivity contribution in [2.75, 3.05) is 11.9 Å². The van der Waals surface area contributed by atoms with Crippen molar-refractivity contribution in [3.8, 4) is 0 Å². The van der Waals surface area contributed by atoms with Crippen LogP contribution >= 0.6 is 23.8 Å². The molecular formula is C17H15ClN2O3S. The molecule has 0 saturated carbocycles. The van der Waals surface area contributed by atoms with Crippen LogP contribution in [0.2, 0.25) is 5.02 Å². The number of hydrogen-bond acceptors (Lipinski definition) is 4. The highest BCUT2D eigenvalue weighted by molar-refractivity contribution is 7.80. The average Bonchev–Trinajstić information content (AvgIpc) is 2.56. The fourth-order valence-electron chi connectivity index (χ4n) is 1.91. The molecule has 0 radical (unpaired) electrons. The van der Waals surface area contributed by atoms with E-state index in [1.165, 1.54) is 0 Å². The lowest BCUT2D eigenvalue weighted by Gasteiger charge is -2.12. The Balaban J connectivity index is 2.06. The number of carbonyl (C=O) groups excluding carboxylic acids is 2. The minimum absolute atomic E-state index is 0.0756. The number of ether oxygens (including phenoxy) is 1. The number of nitrogens with one attached hydrogen (secondary N) is 2. The standard InChI is InChI=1S/C17H15ClN2O3S/c1-2-23-16(22)13-5-3-4-6-14(13)19-17(24)20-15(21)11-7-9-12(18)10-8-11/h3-10H,2H2,1H3,(H2,19,20,21,24). The van der Waals surface area contributed by atoms with Crippen molar-refractivity contribution in [1.29, 1.82) is 0 Å². The molecule has 24 heavy (non-hydrogen) atoms. The van der Waals surface area contributed by atoms with Gasteiger partial charge in [0.15, 0.2) is 5.11 Å². The maximum absolute atomic E-state index is 12.1. The van der Waals surface area contributed by atoms with Crippen LogP contribution in [0.5, 0.6) is 0 Å². The van der Waals surface area contributed by atoms with Gasteiger partial charge in [-0.25, -0.2) is 4.79 Å². The van der Waals surface area contributed by atoms with Crippen LogP contribution in [0, 0.1) is 0 Å². The van der Waals surface area contributed by atoms with Gasteiger partial charge in [-0.1, -0.05) is 23.7 Å². The van der Waals surface area contributed by atoms with Crippen molar-refractivity contribution in [1.82, 2.24) is 5.32 Å². The quantitative estimate of drug-likeness (QED) is 0.642. The molecule has 7 heteroatoms. The summed E-state index contributed by atoms with van der Waals surface area (Å²) in [5.74, 6) is -0.842. The summed E-state index contributed by atoms with van der Waals surface area (Å²) in [6.45, 7) is 2.00. The van der Waals surface area contributed by atoms with Crippen molar-refractivity contribution in [2.45, 2.75) is 6.92 Å². The van der Waals surface area contributed by atoms with E-state index in [1.807, 2.05) is 0 Å². The van der Waals surface area contributed by atoms with E-state index in [4.69, 9.17) is 28.6 Å². The van der Waals surface area contributed by atoms with Gasteiger partial charge in [0, 0.05) is 10.6 Å². The van der Waals surface area contributed by atoms with Gasteiger partial charge >= 0.3 is 5.97 Å². The van der Waals surface area contributed by atoms with Crippen LogP contribution in [-0.4, -0.2) is 23.6 Å². The van der Waals surface area contributed by atoms with Gasteiger partial charge in [0.25, 0.3) is 5.91 Å². The molecule has 5 nitrogen and oxygen atoms in total. The van der Waals surface area contributed by atoms with Gasteiger partial charge < -0.3 is 10.1 Å². The zero-order chi connectivity index (χ0) is 17.5. The molecule has 0 aliphatic heterocycles. The highest BCUT2D eigenvalue weighted by Gasteiger charge is 2.14. The van der Waals surface area contributed by atoms with E-state index < -0.39 is 5.97 Å². The monoisotopic (exact) mass is 362 g/mol. The van der Waals surface area contributed by atoms with Crippen LogP contribution in [0.4, 0.5) is 5.69 Å². The third kappa shape index (κ3) is 4.78. The fourth-order valence-corrected chi connectivity index (χ4v) is 2.24. The van der Waals surface area contributed by atoms with Gasteiger partial charge in [0.1, 0.15) is 0 Å². The molecule has 0 aliphatic carbocycles. The highest BCUT2D eigenvalue weighted by Crippen LogP contribution is 2.16. The second-order valence-corrected chi connectivity index (χ2v) is 5.53. The number of carbonyl (C=O) groups is 2. The zero-order valence-corrected chi connectivity index (χ0v) is 14.4. The van der Waals surface area contributed by atoms with Crippen LogP contribution in [-0.2, 0) is 4.74 Å². The number of halogens is 1. The van der Waals surface area contributed by atoms with E-state index in [0.717, 1.165) is 0 Å². The van der Waals surface area contributed by atoms with E-state index in [-0.39, 0.29) is 17.6 Å². The molecule has 2 N–H and O–H groups in total. The molecule has 2 aromatic carbocycles. The van der Waals surface area contributed by atoms with Crippen molar-refractivity contribution >= 4 is 46.5 Å². The summed E-state index contributed by atoms with van der Waals surface area (Å²) in [4.78, 5) is 24.0. The lowest BCUT2D eigenvalue weighted by atomic mass is 10.2. The van der Waals surface area contributed by atoms with Crippen LogP contribution in [0.15, 0.2) is 48.5 Å². The molecule has 2 rings (SSSR count). The second kappa shape index (κ2) is 8.42. The average molecular weight is 363 g/mol. The first kappa shape index (κ1) is 17.9. The van der Waals surface area contributed by atoms with E-state index in [2.05, 4.69) is 10.6 Å². The summed E-state index contributed by atoms with van der Waals surface area (Å²) < 4.78 is 4.99. The van der Waals surface area contributed by atoms with Crippen LogP contribution < -0.4 is 10.6 Å². The summed E-state index contributed by atoms with van der Waals surface area (Å²) in [6, 6.07) is 13.2. The Kier molecular flexibility index (Phi) is 6.28. The largest absolute Gasteiger partial charge is 0.462 e. The number of para-hydroxylation sites is 1. The topological polar surface area (TPSA) is 67.4 Å². The fraction of sp³-hybridized carbons (Fsp3) is 0.118. The minimum atomic E-state index is -0.465. The molecule has 0 saturated heterocycles. The number of esters is 1. The van der Waals surface area contributed by atoms with Gasteiger partial charge in [-0.15, -0.1) is 0 Å². The van der Waals surface area contributed by atoms with E-state index >= 15 is 0 Å². The number of thiocarbonyl (C=S) groups is 1. The Morgan fingerprint density at radius 2 is 1.79 bits per heavy atom. The molecular weight excluding hydrogens is 348 g/mol. The van der Waals surface area contributed by atoms with Crippen LogP contribution in [0.3, 0.4) is 0 Å². The second-order valence-electron chi connectivity index (χ2n) is 4.68. The number of amides is 1. The Bertz CT molecular complexity index is 763. The molecule has 0 bridgehead atoms. The van der Waals surface area contributed by atoms with Gasteiger partial charge in [0.05, 0.1) is 17.9 Å². The van der Waals surface area contributed by atoms with Gasteiger partial charge in [-0.2, -0.15) is 0 Å². The zero-order valence-electron chi connectivity index (χ0n) is 12.8. The maximum Gasteiger partial charge on any atom is 0.340 e. The Morgan fingerprint density at radius 1 is 1.12 bits per heavy atom. The first-order valence-corrected chi connectivity index (χ1v) is 7.94. The molecule has 124 valence electrons. The maximum atomic E-state index is 12.1. The smallest absolute Gasteiger partial charge is 0.340 e. The van der Waals surface area contributed by atoms with Crippen molar-refractivity contribution in [2.24, 2.45) is 0 Å². The van der Waals surface area contributed by atoms with Crippen molar-refractivity contribution in [3.63, 3.8) is 0 Å². The Hall–Kier alpha value is -2.44. The normalized spacial score (nSPS) is 9.92. The number of anilines is 1. The summed E-state index contributed by atoms with van der Waals surface area (Å²) in [5.41, 5.74) is 1.21. The molecule has 0 fully saturated rings. The molecule has 0 aromatic heterocycles. The Morgan fingerprint density at radius 3 is 2.46 bits per heavy atom. The first-order valence-electron chi connectivity index (χ1n) is 7.15. The van der Waals surface area contributed by atoms with E-state index in [9.17, 15) is 9.59 Å². The summed E-state index contributed by atoms with van der Waals surface area (Å²) in [6.07, 6.45) is 0. The number of benzene rings is 2. The summed E-state index contributed by atoms with van der Waals surface area (Å²) >= 11 is 10.9. The third-order valence-electron chi connectivity index (χ3n) is 3.00. The molecule has 0 aliphatic rings. The predicted molar refractivity (Wildman–Crippen MR) is 97.5 cm³/mol. The SMILES string of the molecule is CCOC(=O)c1ccccc1NC(=S)NC(=O)c1ccc(Cl)cc1. The van der Waals surface area contributed by atoms with E-state index in [0.29, 0.717) is 21.8 Å². The van der Waals surface area contributed by atoms with Crippen LogP contribution in [0.25, 0.3) is 0 Å². The lowest BCUT2D eigenvalue weighted by molar-refractivity contribution is 0.0527. The summed E-state index contributed by atoms with van der Waals surface area (Å²) in [7, 11) is 0. The van der Waals surface area contributed by atoms with Gasteiger partial charge in [0.2, 0.25) is 0 Å². The molecule has 2 aromatic rings. The summed E-state index contributed by atoms with van der Waals surface area (Å²) in [5, 5.41) is 6.00. The number of hydrogen-bond donors (Lipinski definition) is 2. The molecule has 0 spiro atoms. The third-order valence-corrected chi connectivity index (χ3v) is 3.46. The minimum Gasteiger partial charge on any atom is -0.462 e. The Labute approximate surface area is 150 Å². The van der Waals surface area contributed by atoms with Crippen molar-refractivity contribution in [3.05, 3.63) is 64.7 Å². The lowest BCUT2D eigenvalue weighted by Crippen LogP contribution is -2.34. The first-order chi connectivity index (χ1) is 11.5. The molecule has 1 amide bonds. The van der Waals surface area contributed by atoms with Gasteiger partial charge in [-0.05, 0) is 55.5 Å².